The summed E-state index contributed by atoms with van der Waals surface area (Å²) in [6.07, 6.45) is 4.46. The van der Waals surface area contributed by atoms with Crippen molar-refractivity contribution in [3.05, 3.63) is 23.9 Å². The molecule has 1 N–H and O–H groups in total. The topological polar surface area (TPSA) is 28.2 Å². The van der Waals surface area contributed by atoms with Crippen LogP contribution in [-0.4, -0.2) is 29.0 Å². The van der Waals surface area contributed by atoms with Crippen molar-refractivity contribution in [1.29, 1.82) is 0 Å². The Bertz CT molecular complexity index is 361. The van der Waals surface area contributed by atoms with Crippen LogP contribution < -0.4 is 5.32 Å². The minimum Gasteiger partial charge on any atom is -0.370 e. The third-order valence-electron chi connectivity index (χ3n) is 3.68. The average Bonchev–Trinajstić information content (AvgIpc) is 2.67. The van der Waals surface area contributed by atoms with Crippen molar-refractivity contribution in [2.45, 2.75) is 46.2 Å². The standard InChI is InChI=1S/C15H25N3/c1-4-7-16-15-6-5-14(9-17-15)11-18-10-12(2)8-13(18)3/h5-6,9,12-13H,4,7-8,10-11H2,1-3H3,(H,16,17). The summed E-state index contributed by atoms with van der Waals surface area (Å²) >= 11 is 0. The van der Waals surface area contributed by atoms with E-state index >= 15 is 0 Å². The Kier molecular flexibility index (Phi) is 4.59. The Balaban J connectivity index is 1.90. The molecule has 1 aromatic rings. The number of pyridine rings is 1. The van der Waals surface area contributed by atoms with E-state index in [4.69, 9.17) is 0 Å². The molecule has 0 spiro atoms. The largest absolute Gasteiger partial charge is 0.370 e. The van der Waals surface area contributed by atoms with Gasteiger partial charge in [-0.2, -0.15) is 0 Å². The van der Waals surface area contributed by atoms with E-state index in [1.165, 1.54) is 18.5 Å². The maximum atomic E-state index is 4.46. The van der Waals surface area contributed by atoms with Crippen LogP contribution >= 0.6 is 0 Å². The van der Waals surface area contributed by atoms with Gasteiger partial charge >= 0.3 is 0 Å². The smallest absolute Gasteiger partial charge is 0.125 e. The summed E-state index contributed by atoms with van der Waals surface area (Å²) in [5.41, 5.74) is 1.32. The highest BCUT2D eigenvalue weighted by atomic mass is 15.2. The minimum absolute atomic E-state index is 0.706. The lowest BCUT2D eigenvalue weighted by molar-refractivity contribution is 0.256. The zero-order chi connectivity index (χ0) is 13.0. The Hall–Kier alpha value is -1.09. The molecule has 1 fully saturated rings. The van der Waals surface area contributed by atoms with Crippen molar-refractivity contribution in [3.8, 4) is 0 Å². The van der Waals surface area contributed by atoms with Gasteiger partial charge in [0.1, 0.15) is 5.82 Å². The summed E-state index contributed by atoms with van der Waals surface area (Å²) in [4.78, 5) is 7.02. The van der Waals surface area contributed by atoms with Gasteiger partial charge in [-0.05, 0) is 37.3 Å². The highest BCUT2D eigenvalue weighted by Crippen LogP contribution is 2.24. The molecular formula is C15H25N3. The zero-order valence-electron chi connectivity index (χ0n) is 11.8. The Morgan fingerprint density at radius 2 is 2.22 bits per heavy atom. The molecule has 2 atom stereocenters. The molecular weight excluding hydrogens is 222 g/mol. The third-order valence-corrected chi connectivity index (χ3v) is 3.68. The van der Waals surface area contributed by atoms with Gasteiger partial charge < -0.3 is 5.32 Å². The van der Waals surface area contributed by atoms with E-state index in [9.17, 15) is 0 Å². The number of nitrogens with one attached hydrogen (secondary N) is 1. The summed E-state index contributed by atoms with van der Waals surface area (Å²) in [5.74, 6) is 1.82. The van der Waals surface area contributed by atoms with Gasteiger partial charge in [0.2, 0.25) is 0 Å². The average molecular weight is 247 g/mol. The summed E-state index contributed by atoms with van der Waals surface area (Å²) in [5, 5.41) is 3.31. The summed E-state index contributed by atoms with van der Waals surface area (Å²) < 4.78 is 0. The second kappa shape index (κ2) is 6.19. The van der Waals surface area contributed by atoms with Crippen LogP contribution in [0.25, 0.3) is 0 Å². The first-order chi connectivity index (χ1) is 8.69. The highest BCUT2D eigenvalue weighted by molar-refractivity contribution is 5.35. The van der Waals surface area contributed by atoms with E-state index in [0.717, 1.165) is 31.2 Å². The van der Waals surface area contributed by atoms with Crippen LogP contribution in [0.5, 0.6) is 0 Å². The molecule has 1 aromatic heterocycles. The fraction of sp³-hybridized carbons (Fsp3) is 0.667. The van der Waals surface area contributed by atoms with E-state index in [1.54, 1.807) is 0 Å². The van der Waals surface area contributed by atoms with Crippen molar-refractivity contribution >= 4 is 5.82 Å². The molecule has 100 valence electrons. The number of anilines is 1. The lowest BCUT2D eigenvalue weighted by atomic mass is 10.1. The molecule has 2 heterocycles. The molecule has 0 aliphatic carbocycles. The van der Waals surface area contributed by atoms with Gasteiger partial charge in [-0.25, -0.2) is 4.98 Å². The normalized spacial score (nSPS) is 24.4. The third kappa shape index (κ3) is 3.45. The van der Waals surface area contributed by atoms with E-state index < -0.39 is 0 Å². The van der Waals surface area contributed by atoms with Crippen LogP contribution in [0.4, 0.5) is 5.82 Å². The summed E-state index contributed by atoms with van der Waals surface area (Å²) in [6.45, 7) is 10.1. The second-order valence-electron chi connectivity index (χ2n) is 5.60. The molecule has 18 heavy (non-hydrogen) atoms. The van der Waals surface area contributed by atoms with Gasteiger partial charge in [0, 0.05) is 31.9 Å². The molecule has 0 amide bonds. The molecule has 0 bridgehead atoms. The van der Waals surface area contributed by atoms with Crippen molar-refractivity contribution in [1.82, 2.24) is 9.88 Å². The molecule has 3 nitrogen and oxygen atoms in total. The van der Waals surface area contributed by atoms with Gasteiger partial charge in [0.05, 0.1) is 0 Å². The maximum absolute atomic E-state index is 4.46. The lowest BCUT2D eigenvalue weighted by Gasteiger charge is -2.20. The monoisotopic (exact) mass is 247 g/mol. The first-order valence-corrected chi connectivity index (χ1v) is 7.12. The molecule has 2 rings (SSSR count). The van der Waals surface area contributed by atoms with Crippen LogP contribution in [0, 0.1) is 5.92 Å². The number of nitrogens with zero attached hydrogens (tertiary/aromatic N) is 2. The summed E-state index contributed by atoms with van der Waals surface area (Å²) in [7, 11) is 0. The molecule has 1 saturated heterocycles. The van der Waals surface area contributed by atoms with Crippen LogP contribution in [0.15, 0.2) is 18.3 Å². The van der Waals surface area contributed by atoms with E-state index in [0.29, 0.717) is 6.04 Å². The number of hydrogen-bond acceptors (Lipinski definition) is 3. The molecule has 0 aromatic carbocycles. The number of rotatable bonds is 5. The van der Waals surface area contributed by atoms with Gasteiger partial charge in [-0.1, -0.05) is 19.9 Å². The predicted molar refractivity (Wildman–Crippen MR) is 76.7 cm³/mol. The molecule has 0 saturated carbocycles. The van der Waals surface area contributed by atoms with Gasteiger partial charge in [-0.3, -0.25) is 4.90 Å². The van der Waals surface area contributed by atoms with Crippen molar-refractivity contribution < 1.29 is 0 Å². The first kappa shape index (κ1) is 13.3. The quantitative estimate of drug-likeness (QED) is 0.866. The Morgan fingerprint density at radius 3 is 2.78 bits per heavy atom. The maximum Gasteiger partial charge on any atom is 0.125 e. The fourth-order valence-electron chi connectivity index (χ4n) is 2.72. The van der Waals surface area contributed by atoms with Crippen molar-refractivity contribution in [3.63, 3.8) is 0 Å². The highest BCUT2D eigenvalue weighted by Gasteiger charge is 2.25. The van der Waals surface area contributed by atoms with E-state index in [1.807, 2.05) is 6.20 Å². The second-order valence-corrected chi connectivity index (χ2v) is 5.60. The molecule has 1 aliphatic heterocycles. The molecule has 2 unspecified atom stereocenters. The first-order valence-electron chi connectivity index (χ1n) is 7.12. The Morgan fingerprint density at radius 1 is 1.39 bits per heavy atom. The predicted octanol–water partition coefficient (Wildman–Crippen LogP) is 3.13. The number of hydrogen-bond donors (Lipinski definition) is 1. The Labute approximate surface area is 111 Å². The van der Waals surface area contributed by atoms with Crippen LogP contribution in [0.3, 0.4) is 0 Å². The van der Waals surface area contributed by atoms with Crippen LogP contribution in [0.2, 0.25) is 0 Å². The van der Waals surface area contributed by atoms with E-state index in [2.05, 4.69) is 48.1 Å². The van der Waals surface area contributed by atoms with Crippen LogP contribution in [-0.2, 0) is 6.54 Å². The van der Waals surface area contributed by atoms with E-state index in [-0.39, 0.29) is 0 Å². The van der Waals surface area contributed by atoms with Crippen molar-refractivity contribution in [2.75, 3.05) is 18.4 Å². The van der Waals surface area contributed by atoms with Gasteiger partial charge in [0.15, 0.2) is 0 Å². The van der Waals surface area contributed by atoms with Crippen LogP contribution in [0.1, 0.15) is 39.2 Å². The molecule has 1 aliphatic rings. The number of likely N-dealkylation sites (tertiary alicyclic amines) is 1. The number of aromatic nitrogens is 1. The van der Waals surface area contributed by atoms with Gasteiger partial charge in [-0.15, -0.1) is 0 Å². The zero-order valence-corrected chi connectivity index (χ0v) is 11.8. The van der Waals surface area contributed by atoms with Crippen molar-refractivity contribution in [2.24, 2.45) is 5.92 Å². The fourth-order valence-corrected chi connectivity index (χ4v) is 2.72. The molecule has 0 radical (unpaired) electrons. The SMILES string of the molecule is CCCNc1ccc(CN2CC(C)CC2C)cn1. The minimum atomic E-state index is 0.706. The molecule has 3 heteroatoms. The lowest BCUT2D eigenvalue weighted by Crippen LogP contribution is -2.26. The van der Waals surface area contributed by atoms with Gasteiger partial charge in [0.25, 0.3) is 0 Å². The summed E-state index contributed by atoms with van der Waals surface area (Å²) in [6, 6.07) is 4.99.